The van der Waals surface area contributed by atoms with Crippen LogP contribution in [0.25, 0.3) is 5.69 Å². The SMILES string of the molecule is CC(C)CC(CC1CCCN1)Nc1nc(Nc2cc(-n3nnn(C)c3=O)c(OCC(C)F)cc2F)ncc1F. The van der Waals surface area contributed by atoms with E-state index in [0.29, 0.717) is 12.0 Å². The molecule has 1 aliphatic rings. The molecule has 3 heterocycles. The van der Waals surface area contributed by atoms with Crippen molar-refractivity contribution in [2.24, 2.45) is 13.0 Å². The second kappa shape index (κ2) is 12.5. The Morgan fingerprint density at radius 3 is 2.64 bits per heavy atom. The minimum Gasteiger partial charge on any atom is -0.488 e. The van der Waals surface area contributed by atoms with E-state index in [1.807, 2.05) is 0 Å². The van der Waals surface area contributed by atoms with Crippen molar-refractivity contribution < 1.29 is 17.9 Å². The van der Waals surface area contributed by atoms with Gasteiger partial charge in [-0.25, -0.2) is 22.9 Å². The van der Waals surface area contributed by atoms with E-state index in [2.05, 4.69) is 50.2 Å². The number of tetrazole rings is 1. The fourth-order valence-corrected chi connectivity index (χ4v) is 4.52. The molecule has 0 amide bonds. The zero-order chi connectivity index (χ0) is 28.1. The molecule has 39 heavy (non-hydrogen) atoms. The van der Waals surface area contributed by atoms with Gasteiger partial charge in [-0.3, -0.25) is 0 Å². The van der Waals surface area contributed by atoms with Crippen LogP contribution in [-0.2, 0) is 7.05 Å². The van der Waals surface area contributed by atoms with Gasteiger partial charge in [-0.05, 0) is 61.6 Å². The van der Waals surface area contributed by atoms with Crippen LogP contribution >= 0.6 is 0 Å². The van der Waals surface area contributed by atoms with Crippen molar-refractivity contribution in [3.63, 3.8) is 0 Å². The Bertz CT molecular complexity index is 1320. The molecule has 1 fully saturated rings. The molecule has 212 valence electrons. The summed E-state index contributed by atoms with van der Waals surface area (Å²) in [5.74, 6) is -1.22. The molecule has 3 N–H and O–H groups in total. The summed E-state index contributed by atoms with van der Waals surface area (Å²) in [5, 5.41) is 16.9. The molecule has 1 saturated heterocycles. The largest absolute Gasteiger partial charge is 0.488 e. The Labute approximate surface area is 224 Å². The predicted octanol–water partition coefficient (Wildman–Crippen LogP) is 3.48. The van der Waals surface area contributed by atoms with Crippen molar-refractivity contribution in [1.29, 1.82) is 0 Å². The van der Waals surface area contributed by atoms with Crippen molar-refractivity contribution in [1.82, 2.24) is 35.1 Å². The second-order valence-electron chi connectivity index (χ2n) is 10.2. The van der Waals surface area contributed by atoms with Crippen LogP contribution in [-0.4, -0.2) is 61.2 Å². The van der Waals surface area contributed by atoms with Crippen LogP contribution in [0.4, 0.5) is 30.6 Å². The standard InChI is InChI=1S/C25H34F3N9O2/c1-14(2)8-17(9-16-6-5-7-29-16)31-23-19(28)12-30-24(33-23)32-20-11-21(37-25(38)36(4)34-35-37)22(10-18(20)27)39-13-15(3)26/h10-12,14-17,29H,5-9,13H2,1-4H3,(H2,30,31,32,33). The maximum Gasteiger partial charge on any atom is 0.368 e. The van der Waals surface area contributed by atoms with Gasteiger partial charge in [0.15, 0.2) is 17.5 Å². The van der Waals surface area contributed by atoms with E-state index in [1.54, 1.807) is 0 Å². The first-order chi connectivity index (χ1) is 18.6. The second-order valence-corrected chi connectivity index (χ2v) is 10.2. The molecule has 3 unspecified atom stereocenters. The monoisotopic (exact) mass is 549 g/mol. The molecule has 0 spiro atoms. The van der Waals surface area contributed by atoms with E-state index >= 15 is 4.39 Å². The van der Waals surface area contributed by atoms with Gasteiger partial charge in [0.25, 0.3) is 0 Å². The number of nitrogens with one attached hydrogen (secondary N) is 3. The van der Waals surface area contributed by atoms with E-state index in [1.165, 1.54) is 20.0 Å². The smallest absolute Gasteiger partial charge is 0.368 e. The molecule has 11 nitrogen and oxygen atoms in total. The maximum atomic E-state index is 15.1. The molecule has 3 aromatic rings. The number of alkyl halides is 1. The lowest BCUT2D eigenvalue weighted by atomic mass is 9.97. The first-order valence-electron chi connectivity index (χ1n) is 13.0. The van der Waals surface area contributed by atoms with Gasteiger partial charge in [-0.2, -0.15) is 14.3 Å². The van der Waals surface area contributed by atoms with Crippen molar-refractivity contribution >= 4 is 17.5 Å². The Hall–Kier alpha value is -3.68. The van der Waals surface area contributed by atoms with E-state index < -0.39 is 23.5 Å². The average molecular weight is 550 g/mol. The number of rotatable bonds is 12. The number of hydrogen-bond donors (Lipinski definition) is 3. The third-order valence-corrected chi connectivity index (χ3v) is 6.29. The van der Waals surface area contributed by atoms with Crippen LogP contribution in [0.1, 0.15) is 46.5 Å². The fraction of sp³-hybridized carbons (Fsp3) is 0.560. The summed E-state index contributed by atoms with van der Waals surface area (Å²) in [6, 6.07) is 2.56. The highest BCUT2D eigenvalue weighted by Gasteiger charge is 2.23. The van der Waals surface area contributed by atoms with Gasteiger partial charge in [0.05, 0.1) is 11.9 Å². The molecular formula is C25H34F3N9O2. The lowest BCUT2D eigenvalue weighted by Crippen LogP contribution is -2.32. The van der Waals surface area contributed by atoms with Crippen LogP contribution in [0.3, 0.4) is 0 Å². The van der Waals surface area contributed by atoms with Gasteiger partial charge in [0.1, 0.15) is 24.2 Å². The van der Waals surface area contributed by atoms with Gasteiger partial charge in [0.2, 0.25) is 5.95 Å². The number of aromatic nitrogens is 6. The van der Waals surface area contributed by atoms with E-state index in [9.17, 15) is 13.6 Å². The lowest BCUT2D eigenvalue weighted by molar-refractivity contribution is 0.208. The highest BCUT2D eigenvalue weighted by molar-refractivity contribution is 5.63. The number of hydrogen-bond acceptors (Lipinski definition) is 9. The summed E-state index contributed by atoms with van der Waals surface area (Å²) in [5.41, 5.74) is -0.725. The first-order valence-corrected chi connectivity index (χ1v) is 13.0. The summed E-state index contributed by atoms with van der Waals surface area (Å²) >= 11 is 0. The molecular weight excluding hydrogens is 515 g/mol. The van der Waals surface area contributed by atoms with Crippen LogP contribution in [0.15, 0.2) is 23.1 Å². The molecule has 4 rings (SSSR count). The van der Waals surface area contributed by atoms with Gasteiger partial charge in [-0.1, -0.05) is 13.8 Å². The summed E-state index contributed by atoms with van der Waals surface area (Å²) in [4.78, 5) is 20.7. The third kappa shape index (κ3) is 7.25. The van der Waals surface area contributed by atoms with E-state index in [4.69, 9.17) is 4.74 Å². The predicted molar refractivity (Wildman–Crippen MR) is 140 cm³/mol. The van der Waals surface area contributed by atoms with E-state index in [0.717, 1.165) is 53.9 Å². The summed E-state index contributed by atoms with van der Waals surface area (Å²) < 4.78 is 50.5. The lowest BCUT2D eigenvalue weighted by Gasteiger charge is -2.24. The van der Waals surface area contributed by atoms with Gasteiger partial charge in [0, 0.05) is 25.2 Å². The van der Waals surface area contributed by atoms with Crippen molar-refractivity contribution in [2.45, 2.75) is 64.7 Å². The quantitative estimate of drug-likeness (QED) is 0.312. The van der Waals surface area contributed by atoms with Crippen molar-refractivity contribution in [2.75, 3.05) is 23.8 Å². The average Bonchev–Trinajstić information content (AvgIpc) is 3.50. The molecule has 2 aromatic heterocycles. The maximum absolute atomic E-state index is 15.1. The highest BCUT2D eigenvalue weighted by Crippen LogP contribution is 2.30. The highest BCUT2D eigenvalue weighted by atomic mass is 19.1. The number of anilines is 3. The molecule has 1 aliphatic heterocycles. The topological polar surface area (TPSA) is 124 Å². The molecule has 0 bridgehead atoms. The molecule has 14 heteroatoms. The van der Waals surface area contributed by atoms with Crippen molar-refractivity contribution in [3.8, 4) is 11.4 Å². The van der Waals surface area contributed by atoms with Crippen LogP contribution in [0.2, 0.25) is 0 Å². The number of ether oxygens (including phenoxy) is 1. The van der Waals surface area contributed by atoms with Crippen LogP contribution in [0, 0.1) is 17.6 Å². The molecule has 0 radical (unpaired) electrons. The minimum atomic E-state index is -1.33. The molecule has 3 atom stereocenters. The Balaban J connectivity index is 1.61. The normalized spacial score (nSPS) is 16.9. The molecule has 1 aromatic carbocycles. The van der Waals surface area contributed by atoms with Gasteiger partial charge >= 0.3 is 5.69 Å². The van der Waals surface area contributed by atoms with Crippen LogP contribution in [0.5, 0.6) is 5.75 Å². The Kier molecular flexibility index (Phi) is 9.04. The number of halogens is 3. The number of aryl methyl sites for hydroxylation is 1. The molecule has 0 aliphatic carbocycles. The Morgan fingerprint density at radius 1 is 1.21 bits per heavy atom. The Morgan fingerprint density at radius 2 is 2.00 bits per heavy atom. The molecule has 0 saturated carbocycles. The zero-order valence-electron chi connectivity index (χ0n) is 22.4. The summed E-state index contributed by atoms with van der Waals surface area (Å²) in [6.45, 7) is 6.10. The number of nitrogens with zero attached hydrogens (tertiary/aromatic N) is 6. The number of benzene rings is 1. The van der Waals surface area contributed by atoms with E-state index in [-0.39, 0.29) is 41.5 Å². The van der Waals surface area contributed by atoms with Crippen LogP contribution < -0.4 is 26.4 Å². The minimum absolute atomic E-state index is 0.00110. The fourth-order valence-electron chi connectivity index (χ4n) is 4.52. The third-order valence-electron chi connectivity index (χ3n) is 6.29. The van der Waals surface area contributed by atoms with Gasteiger partial charge in [-0.15, -0.1) is 0 Å². The zero-order valence-corrected chi connectivity index (χ0v) is 22.4. The first kappa shape index (κ1) is 28.3. The van der Waals surface area contributed by atoms with Gasteiger partial charge < -0.3 is 20.7 Å². The summed E-state index contributed by atoms with van der Waals surface area (Å²) in [7, 11) is 1.40. The summed E-state index contributed by atoms with van der Waals surface area (Å²) in [6.07, 6.45) is 3.47. The van der Waals surface area contributed by atoms with Crippen molar-refractivity contribution in [3.05, 3.63) is 40.4 Å².